The smallest absolute Gasteiger partial charge is 0.323 e. The average molecular weight is 284 g/mol. The van der Waals surface area contributed by atoms with Crippen molar-refractivity contribution in [2.45, 2.75) is 11.4 Å². The minimum atomic E-state index is -4.89. The maximum Gasteiger partial charge on any atom is 0.334 e. The van der Waals surface area contributed by atoms with Gasteiger partial charge in [-0.05, 0) is 12.1 Å². The highest BCUT2D eigenvalue weighted by atomic mass is 32.3. The number of hydrogen-bond acceptors (Lipinski definition) is 5. The van der Waals surface area contributed by atoms with Crippen molar-refractivity contribution in [2.24, 2.45) is 0 Å². The van der Waals surface area contributed by atoms with Crippen LogP contribution < -0.4 is 5.32 Å². The van der Waals surface area contributed by atoms with E-state index in [4.69, 9.17) is 0 Å². The molecule has 0 spiro atoms. The fraction of sp³-hybridized carbons (Fsp3) is 0.100. The molecule has 0 unspecified atom stereocenters. The first kappa shape index (κ1) is 13.1. The van der Waals surface area contributed by atoms with Gasteiger partial charge >= 0.3 is 10.2 Å². The molecule has 0 saturated carbocycles. The first-order valence-corrected chi connectivity index (χ1v) is 6.51. The number of para-hydroxylation sites is 1. The molecule has 0 fully saturated rings. The normalized spacial score (nSPS) is 11.2. The van der Waals surface area contributed by atoms with Crippen molar-refractivity contribution in [1.29, 1.82) is 0 Å². The summed E-state index contributed by atoms with van der Waals surface area (Å²) in [6, 6.07) is 5.21. The molecule has 0 aliphatic rings. The van der Waals surface area contributed by atoms with E-state index in [0.29, 0.717) is 0 Å². The van der Waals surface area contributed by atoms with Crippen LogP contribution in [0.3, 0.4) is 0 Å². The highest BCUT2D eigenvalue weighted by molar-refractivity contribution is 7.86. The Balaban J connectivity index is 2.18. The van der Waals surface area contributed by atoms with Gasteiger partial charge in [0.05, 0.1) is 5.69 Å². The number of hydrogen-bond donors (Lipinski definition) is 1. The second-order valence-corrected chi connectivity index (χ2v) is 4.89. The van der Waals surface area contributed by atoms with E-state index < -0.39 is 21.0 Å². The van der Waals surface area contributed by atoms with E-state index in [-0.39, 0.29) is 12.2 Å². The van der Waals surface area contributed by atoms with Crippen LogP contribution in [0, 0.1) is 0 Å². The number of amides is 1. The predicted octanol–water partition coefficient (Wildman–Crippen LogP) is 0.575. The van der Waals surface area contributed by atoms with Crippen LogP contribution in [0.15, 0.2) is 41.8 Å². The van der Waals surface area contributed by atoms with Crippen LogP contribution in [0.2, 0.25) is 0 Å². The zero-order valence-corrected chi connectivity index (χ0v) is 10.3. The lowest BCUT2D eigenvalue weighted by Crippen LogP contribution is -2.20. The van der Waals surface area contributed by atoms with E-state index in [1.165, 1.54) is 35.5 Å². The largest absolute Gasteiger partial charge is 0.334 e. The zero-order chi connectivity index (χ0) is 13.9. The topological polar surface area (TPSA) is 93.9 Å². The van der Waals surface area contributed by atoms with E-state index in [0.717, 1.165) is 6.07 Å². The molecule has 0 saturated heterocycles. The summed E-state index contributed by atoms with van der Waals surface area (Å²) in [5.74, 6) is -0.540. The van der Waals surface area contributed by atoms with Crippen molar-refractivity contribution in [3.05, 3.63) is 36.9 Å². The molecular formula is C10H9FN4O3S. The Bertz CT molecular complexity index is 685. The maximum atomic E-state index is 13.0. The van der Waals surface area contributed by atoms with Crippen LogP contribution in [0.4, 0.5) is 9.57 Å². The van der Waals surface area contributed by atoms with Crippen LogP contribution in [0.25, 0.3) is 0 Å². The second kappa shape index (κ2) is 5.14. The Hall–Kier alpha value is -2.29. The third-order valence-electron chi connectivity index (χ3n) is 2.20. The molecule has 1 heterocycles. The molecule has 19 heavy (non-hydrogen) atoms. The fourth-order valence-corrected chi connectivity index (χ4v) is 2.06. The molecule has 1 aromatic heterocycles. The summed E-state index contributed by atoms with van der Waals surface area (Å²) in [5, 5.41) is 6.03. The number of rotatable bonds is 4. The van der Waals surface area contributed by atoms with Gasteiger partial charge in [0.25, 0.3) is 0 Å². The number of carbonyl (C=O) groups is 1. The highest BCUT2D eigenvalue weighted by Gasteiger charge is 2.18. The molecule has 0 aliphatic carbocycles. The number of nitrogens with one attached hydrogen (secondary N) is 1. The molecule has 1 amide bonds. The number of aromatic nitrogens is 3. The molecular weight excluding hydrogens is 275 g/mol. The van der Waals surface area contributed by atoms with E-state index in [1.807, 2.05) is 0 Å². The van der Waals surface area contributed by atoms with E-state index >= 15 is 0 Å². The molecule has 0 radical (unpaired) electrons. The lowest BCUT2D eigenvalue weighted by molar-refractivity contribution is -0.116. The number of benzene rings is 1. The minimum absolute atomic E-state index is 0.116. The quantitative estimate of drug-likeness (QED) is 0.829. The number of carbonyl (C=O) groups excluding carboxylic acids is 1. The Morgan fingerprint density at radius 2 is 2.11 bits per heavy atom. The van der Waals surface area contributed by atoms with Crippen LogP contribution in [-0.4, -0.2) is 29.1 Å². The number of nitrogens with zero attached hydrogens (tertiary/aromatic N) is 3. The molecule has 9 heteroatoms. The lowest BCUT2D eigenvalue weighted by atomic mass is 10.3. The van der Waals surface area contributed by atoms with Gasteiger partial charge in [0.15, 0.2) is 0 Å². The van der Waals surface area contributed by atoms with Gasteiger partial charge in [0.2, 0.25) is 5.91 Å². The van der Waals surface area contributed by atoms with Gasteiger partial charge in [-0.1, -0.05) is 12.1 Å². The maximum absolute atomic E-state index is 13.0. The summed E-state index contributed by atoms with van der Waals surface area (Å²) in [4.78, 5) is 14.7. The summed E-state index contributed by atoms with van der Waals surface area (Å²) in [7, 11) is -4.89. The van der Waals surface area contributed by atoms with Gasteiger partial charge < -0.3 is 5.32 Å². The van der Waals surface area contributed by atoms with Crippen molar-refractivity contribution < 1.29 is 17.1 Å². The standard InChI is InChI=1S/C10H9FN4O3S/c11-19(17,18)9-4-2-1-3-8(9)14-10(16)5-15-7-12-6-13-15/h1-4,6-7H,5H2,(H,14,16). The van der Waals surface area contributed by atoms with Crippen molar-refractivity contribution >= 4 is 21.8 Å². The Morgan fingerprint density at radius 3 is 2.74 bits per heavy atom. The third-order valence-corrected chi connectivity index (χ3v) is 3.08. The first-order chi connectivity index (χ1) is 8.97. The zero-order valence-electron chi connectivity index (χ0n) is 9.52. The van der Waals surface area contributed by atoms with Gasteiger partial charge in [-0.15, -0.1) is 3.89 Å². The molecule has 0 aliphatic heterocycles. The van der Waals surface area contributed by atoms with Gasteiger partial charge in [-0.25, -0.2) is 9.67 Å². The Morgan fingerprint density at radius 1 is 1.37 bits per heavy atom. The number of halogens is 1. The van der Waals surface area contributed by atoms with E-state index in [2.05, 4.69) is 15.4 Å². The summed E-state index contributed by atoms with van der Waals surface area (Å²) in [6.45, 7) is -0.152. The monoisotopic (exact) mass is 284 g/mol. The number of anilines is 1. The molecule has 7 nitrogen and oxygen atoms in total. The SMILES string of the molecule is O=C(Cn1cncn1)Nc1ccccc1S(=O)(=O)F. The second-order valence-electron chi connectivity index (χ2n) is 3.58. The fourth-order valence-electron chi connectivity index (χ4n) is 1.43. The highest BCUT2D eigenvalue weighted by Crippen LogP contribution is 2.22. The van der Waals surface area contributed by atoms with Crippen LogP contribution in [0.5, 0.6) is 0 Å². The molecule has 0 atom stereocenters. The summed E-state index contributed by atoms with van der Waals surface area (Å²) in [6.07, 6.45) is 2.59. The van der Waals surface area contributed by atoms with Crippen LogP contribution in [-0.2, 0) is 21.6 Å². The summed E-state index contributed by atoms with van der Waals surface area (Å²) in [5.41, 5.74) is -0.116. The summed E-state index contributed by atoms with van der Waals surface area (Å²) >= 11 is 0. The molecule has 2 rings (SSSR count). The molecule has 0 bridgehead atoms. The van der Waals surface area contributed by atoms with E-state index in [9.17, 15) is 17.1 Å². The van der Waals surface area contributed by atoms with Gasteiger partial charge in [0, 0.05) is 0 Å². The van der Waals surface area contributed by atoms with Crippen molar-refractivity contribution in [3.63, 3.8) is 0 Å². The van der Waals surface area contributed by atoms with Crippen molar-refractivity contribution in [3.8, 4) is 0 Å². The van der Waals surface area contributed by atoms with Gasteiger partial charge in [-0.3, -0.25) is 4.79 Å². The van der Waals surface area contributed by atoms with Crippen molar-refractivity contribution in [1.82, 2.24) is 14.8 Å². The lowest BCUT2D eigenvalue weighted by Gasteiger charge is -2.07. The predicted molar refractivity (Wildman–Crippen MR) is 63.4 cm³/mol. The van der Waals surface area contributed by atoms with Crippen LogP contribution in [0.1, 0.15) is 0 Å². The molecule has 2 aromatic rings. The van der Waals surface area contributed by atoms with Crippen molar-refractivity contribution in [2.75, 3.05) is 5.32 Å². The van der Waals surface area contributed by atoms with Gasteiger partial charge in [0.1, 0.15) is 24.1 Å². The average Bonchev–Trinajstić information content (AvgIpc) is 2.81. The Kier molecular flexibility index (Phi) is 3.56. The first-order valence-electron chi connectivity index (χ1n) is 5.13. The molecule has 1 N–H and O–H groups in total. The van der Waals surface area contributed by atoms with Crippen LogP contribution >= 0.6 is 0 Å². The Labute approximate surface area is 108 Å². The molecule has 1 aromatic carbocycles. The van der Waals surface area contributed by atoms with Gasteiger partial charge in [-0.2, -0.15) is 13.5 Å². The summed E-state index contributed by atoms with van der Waals surface area (Å²) < 4.78 is 36.1. The third kappa shape index (κ3) is 3.35. The molecule has 100 valence electrons. The van der Waals surface area contributed by atoms with E-state index in [1.54, 1.807) is 0 Å². The minimum Gasteiger partial charge on any atom is -0.323 e.